The molecule has 0 aliphatic rings. The van der Waals surface area contributed by atoms with Crippen molar-refractivity contribution in [2.75, 3.05) is 6.61 Å². The van der Waals surface area contributed by atoms with Crippen molar-refractivity contribution >= 4 is 5.97 Å². The van der Waals surface area contributed by atoms with Crippen LogP contribution in [0.2, 0.25) is 0 Å². The van der Waals surface area contributed by atoms with E-state index >= 15 is 0 Å². The quantitative estimate of drug-likeness (QED) is 0.895. The van der Waals surface area contributed by atoms with Crippen LogP contribution in [0, 0.1) is 0 Å². The topological polar surface area (TPSA) is 46.5 Å². The fourth-order valence-electron chi connectivity index (χ4n) is 1.59. The smallest absolute Gasteiger partial charge is 0.418 e. The lowest BCUT2D eigenvalue weighted by Crippen LogP contribution is -2.26. The molecule has 0 amide bonds. The molecule has 0 radical (unpaired) electrons. The summed E-state index contributed by atoms with van der Waals surface area (Å²) in [4.78, 5) is 10.3. The predicted octanol–water partition coefficient (Wildman–Crippen LogP) is 3.51. The molecule has 1 aromatic carbocycles. The summed E-state index contributed by atoms with van der Waals surface area (Å²) in [6.45, 7) is 2.87. The Morgan fingerprint density at radius 3 is 2.05 bits per heavy atom. The minimum Gasteiger partial charge on any atom is -0.480 e. The lowest BCUT2D eigenvalue weighted by Gasteiger charge is -2.20. The van der Waals surface area contributed by atoms with Crippen LogP contribution in [0.3, 0.4) is 0 Å². The van der Waals surface area contributed by atoms with Crippen molar-refractivity contribution in [3.63, 3.8) is 0 Å². The van der Waals surface area contributed by atoms with Gasteiger partial charge in [0.25, 0.3) is 0 Å². The van der Waals surface area contributed by atoms with Crippen LogP contribution in [0.4, 0.5) is 13.2 Å². The van der Waals surface area contributed by atoms with Gasteiger partial charge in [-0.1, -0.05) is 38.1 Å². The lowest BCUT2D eigenvalue weighted by atomic mass is 10.00. The van der Waals surface area contributed by atoms with Gasteiger partial charge in [0.2, 0.25) is 0 Å². The molecule has 0 fully saturated rings. The molecule has 1 aromatic rings. The largest absolute Gasteiger partial charge is 0.480 e. The van der Waals surface area contributed by atoms with Gasteiger partial charge in [-0.2, -0.15) is 13.2 Å². The average molecular weight is 276 g/mol. The van der Waals surface area contributed by atoms with Gasteiger partial charge < -0.3 is 9.84 Å². The SMILES string of the molecule is CC(C)c1ccc([C@H](OCC(=O)O)C(F)(F)F)cc1. The highest BCUT2D eigenvalue weighted by molar-refractivity contribution is 5.68. The van der Waals surface area contributed by atoms with Gasteiger partial charge in [0.15, 0.2) is 6.10 Å². The Kier molecular flexibility index (Phi) is 4.94. The third-order valence-corrected chi connectivity index (χ3v) is 2.58. The van der Waals surface area contributed by atoms with Crippen molar-refractivity contribution < 1.29 is 27.8 Å². The summed E-state index contributed by atoms with van der Waals surface area (Å²) in [5.74, 6) is -1.23. The summed E-state index contributed by atoms with van der Waals surface area (Å²) in [5, 5.41) is 8.40. The molecule has 6 heteroatoms. The van der Waals surface area contributed by atoms with Crippen molar-refractivity contribution in [1.29, 1.82) is 0 Å². The molecule has 0 aromatic heterocycles. The molecule has 106 valence electrons. The Morgan fingerprint density at radius 2 is 1.68 bits per heavy atom. The lowest BCUT2D eigenvalue weighted by molar-refractivity contribution is -0.225. The van der Waals surface area contributed by atoms with Gasteiger partial charge in [-0.15, -0.1) is 0 Å². The second-order valence-corrected chi connectivity index (χ2v) is 4.45. The number of aliphatic carboxylic acids is 1. The van der Waals surface area contributed by atoms with Crippen LogP contribution in [0.25, 0.3) is 0 Å². The zero-order valence-electron chi connectivity index (χ0n) is 10.6. The number of hydrogen-bond acceptors (Lipinski definition) is 2. The van der Waals surface area contributed by atoms with E-state index in [4.69, 9.17) is 5.11 Å². The molecule has 0 aliphatic carbocycles. The molecule has 1 rings (SSSR count). The first-order chi connectivity index (χ1) is 8.71. The maximum atomic E-state index is 12.8. The maximum Gasteiger partial charge on any atom is 0.418 e. The van der Waals surface area contributed by atoms with Crippen LogP contribution in [0.1, 0.15) is 37.0 Å². The van der Waals surface area contributed by atoms with Crippen LogP contribution in [0.15, 0.2) is 24.3 Å². The fourth-order valence-corrected chi connectivity index (χ4v) is 1.59. The van der Waals surface area contributed by atoms with Crippen LogP contribution in [-0.2, 0) is 9.53 Å². The van der Waals surface area contributed by atoms with Gasteiger partial charge in [-0.25, -0.2) is 4.79 Å². The van der Waals surface area contributed by atoms with E-state index in [9.17, 15) is 18.0 Å². The number of alkyl halides is 3. The number of carbonyl (C=O) groups is 1. The first-order valence-corrected chi connectivity index (χ1v) is 5.71. The molecule has 0 aliphatic heterocycles. The normalized spacial score (nSPS) is 13.6. The summed E-state index contributed by atoms with van der Waals surface area (Å²) in [5.41, 5.74) is 0.807. The summed E-state index contributed by atoms with van der Waals surface area (Å²) in [6, 6.07) is 5.80. The number of halogens is 3. The van der Waals surface area contributed by atoms with Crippen LogP contribution < -0.4 is 0 Å². The van der Waals surface area contributed by atoms with E-state index in [2.05, 4.69) is 4.74 Å². The van der Waals surface area contributed by atoms with Crippen molar-refractivity contribution in [1.82, 2.24) is 0 Å². The van der Waals surface area contributed by atoms with Crippen molar-refractivity contribution in [2.45, 2.75) is 32.0 Å². The van der Waals surface area contributed by atoms with E-state index in [-0.39, 0.29) is 11.5 Å². The monoisotopic (exact) mass is 276 g/mol. The molecule has 1 N–H and O–H groups in total. The predicted molar refractivity (Wildman–Crippen MR) is 62.9 cm³/mol. The van der Waals surface area contributed by atoms with Crippen molar-refractivity contribution in [2.24, 2.45) is 0 Å². The minimum atomic E-state index is -4.64. The summed E-state index contributed by atoms with van der Waals surface area (Å²) < 4.78 is 42.8. The fraction of sp³-hybridized carbons (Fsp3) is 0.462. The highest BCUT2D eigenvalue weighted by atomic mass is 19.4. The molecule has 3 nitrogen and oxygen atoms in total. The van der Waals surface area contributed by atoms with Gasteiger partial charge in [-0.3, -0.25) is 0 Å². The van der Waals surface area contributed by atoms with E-state index in [0.717, 1.165) is 5.56 Å². The summed E-state index contributed by atoms with van der Waals surface area (Å²) >= 11 is 0. The maximum absolute atomic E-state index is 12.8. The highest BCUT2D eigenvalue weighted by Crippen LogP contribution is 2.36. The molecular weight excluding hydrogens is 261 g/mol. The van der Waals surface area contributed by atoms with E-state index in [1.807, 2.05) is 13.8 Å². The molecule has 19 heavy (non-hydrogen) atoms. The highest BCUT2D eigenvalue weighted by Gasteiger charge is 2.42. The van der Waals surface area contributed by atoms with Gasteiger partial charge in [0.1, 0.15) is 6.61 Å². The Morgan fingerprint density at radius 1 is 1.21 bits per heavy atom. The molecular formula is C13H15F3O3. The van der Waals surface area contributed by atoms with Crippen molar-refractivity contribution in [3.8, 4) is 0 Å². The number of rotatable bonds is 5. The zero-order valence-corrected chi connectivity index (χ0v) is 10.6. The third-order valence-electron chi connectivity index (χ3n) is 2.58. The first-order valence-electron chi connectivity index (χ1n) is 5.71. The second kappa shape index (κ2) is 6.06. The van der Waals surface area contributed by atoms with E-state index in [0.29, 0.717) is 0 Å². The number of hydrogen-bond donors (Lipinski definition) is 1. The van der Waals surface area contributed by atoms with Crippen LogP contribution in [-0.4, -0.2) is 23.9 Å². The molecule has 1 atom stereocenters. The van der Waals surface area contributed by atoms with E-state index in [1.54, 1.807) is 12.1 Å². The van der Waals surface area contributed by atoms with E-state index in [1.165, 1.54) is 12.1 Å². The first kappa shape index (κ1) is 15.5. The standard InChI is InChI=1S/C13H15F3O3/c1-8(2)9-3-5-10(6-4-9)12(13(14,15)16)19-7-11(17)18/h3-6,8,12H,7H2,1-2H3,(H,17,18)/t12-/m0/s1. The molecule has 0 saturated carbocycles. The zero-order chi connectivity index (χ0) is 14.6. The summed E-state index contributed by atoms with van der Waals surface area (Å²) in [7, 11) is 0. The van der Waals surface area contributed by atoms with Gasteiger partial charge >= 0.3 is 12.1 Å². The van der Waals surface area contributed by atoms with E-state index < -0.39 is 24.9 Å². The number of ether oxygens (including phenoxy) is 1. The van der Waals surface area contributed by atoms with Gasteiger partial charge in [0.05, 0.1) is 0 Å². The Bertz CT molecular complexity index is 424. The number of carboxylic acid groups (broad SMARTS) is 1. The number of benzene rings is 1. The molecule has 0 heterocycles. The van der Waals surface area contributed by atoms with Gasteiger partial charge in [0, 0.05) is 0 Å². The molecule has 0 spiro atoms. The van der Waals surface area contributed by atoms with Gasteiger partial charge in [-0.05, 0) is 17.0 Å². The average Bonchev–Trinajstić information content (AvgIpc) is 2.27. The molecule has 0 bridgehead atoms. The number of carboxylic acids is 1. The second-order valence-electron chi connectivity index (χ2n) is 4.45. The minimum absolute atomic E-state index is 0.0989. The summed E-state index contributed by atoms with van der Waals surface area (Å²) in [6.07, 6.45) is -6.86. The molecule has 0 unspecified atom stereocenters. The Hall–Kier alpha value is -1.56. The third kappa shape index (κ3) is 4.55. The van der Waals surface area contributed by atoms with Crippen LogP contribution in [0.5, 0.6) is 0 Å². The van der Waals surface area contributed by atoms with Crippen LogP contribution >= 0.6 is 0 Å². The Balaban J connectivity index is 2.94. The Labute approximate surface area is 109 Å². The molecule has 0 saturated heterocycles. The van der Waals surface area contributed by atoms with Crippen molar-refractivity contribution in [3.05, 3.63) is 35.4 Å².